The number of hydrogen-bond donors (Lipinski definition) is 0. The van der Waals surface area contributed by atoms with Gasteiger partial charge in [-0.2, -0.15) is 0 Å². The lowest BCUT2D eigenvalue weighted by molar-refractivity contribution is 0.0993. The largest absolute Gasteiger partial charge is 0.293 e. The fourth-order valence-electron chi connectivity index (χ4n) is 2.69. The minimum atomic E-state index is 0.0931. The van der Waals surface area contributed by atoms with E-state index in [0.717, 1.165) is 12.0 Å². The monoisotopic (exact) mass is 276 g/mol. The lowest BCUT2D eigenvalue weighted by atomic mass is 10.0. The molecule has 1 nitrogen and oxygen atoms in total. The molecule has 1 fully saturated rings. The van der Waals surface area contributed by atoms with Crippen molar-refractivity contribution >= 4 is 17.5 Å². The van der Waals surface area contributed by atoms with Gasteiger partial charge >= 0.3 is 0 Å². The maximum Gasteiger partial charge on any atom is 0.175 e. The van der Waals surface area contributed by atoms with E-state index in [-0.39, 0.29) is 5.25 Å². The van der Waals surface area contributed by atoms with Crippen molar-refractivity contribution in [1.29, 1.82) is 0 Å². The summed E-state index contributed by atoms with van der Waals surface area (Å²) in [5.41, 5.74) is 2.16. The number of Topliss-reactive ketones (excluding diaryl/α,β-unsaturated/α-hetero) is 1. The molecule has 1 atom stereocenters. The second-order valence-electron chi connectivity index (χ2n) is 5.45. The first-order chi connectivity index (χ1) is 9.20. The first-order valence-electron chi connectivity index (χ1n) is 7.49. The highest BCUT2D eigenvalue weighted by Crippen LogP contribution is 2.32. The Morgan fingerprint density at radius 2 is 1.84 bits per heavy atom. The Hall–Kier alpha value is -0.760. The van der Waals surface area contributed by atoms with Gasteiger partial charge < -0.3 is 0 Å². The van der Waals surface area contributed by atoms with E-state index in [9.17, 15) is 4.79 Å². The van der Waals surface area contributed by atoms with Gasteiger partial charge in [-0.1, -0.05) is 50.5 Å². The summed E-state index contributed by atoms with van der Waals surface area (Å²) in [7, 11) is 0. The van der Waals surface area contributed by atoms with Crippen LogP contribution in [0, 0.1) is 0 Å². The first-order valence-corrected chi connectivity index (χ1v) is 8.43. The number of carbonyl (C=O) groups excluding carboxylic acids is 1. The maximum atomic E-state index is 12.4. The summed E-state index contributed by atoms with van der Waals surface area (Å²) in [6.07, 6.45) is 7.65. The molecule has 1 aromatic carbocycles. The molecule has 104 valence electrons. The molecule has 1 aliphatic rings. The minimum absolute atomic E-state index is 0.0931. The van der Waals surface area contributed by atoms with Gasteiger partial charge in [-0.15, -0.1) is 11.8 Å². The number of rotatable bonds is 5. The lowest BCUT2D eigenvalue weighted by Crippen LogP contribution is -2.19. The van der Waals surface area contributed by atoms with E-state index < -0.39 is 0 Å². The fourth-order valence-corrected chi connectivity index (χ4v) is 4.13. The molecule has 2 heteroatoms. The second kappa shape index (κ2) is 7.14. The van der Waals surface area contributed by atoms with Gasteiger partial charge in [0.25, 0.3) is 0 Å². The quantitative estimate of drug-likeness (QED) is 0.712. The Bertz CT molecular complexity index is 404. The molecule has 0 unspecified atom stereocenters. The Kier molecular flexibility index (Phi) is 5.50. The molecule has 19 heavy (non-hydrogen) atoms. The number of benzene rings is 1. The van der Waals surface area contributed by atoms with Gasteiger partial charge in [0.1, 0.15) is 0 Å². The SMILES string of the molecule is CCc1ccc(C(=O)[C@H](C)SC2CCCCC2)cc1. The van der Waals surface area contributed by atoms with E-state index in [4.69, 9.17) is 0 Å². The van der Waals surface area contributed by atoms with Crippen molar-refractivity contribution in [3.05, 3.63) is 35.4 Å². The van der Waals surface area contributed by atoms with Gasteiger partial charge in [0, 0.05) is 10.8 Å². The van der Waals surface area contributed by atoms with Crippen LogP contribution in [-0.2, 0) is 6.42 Å². The zero-order valence-electron chi connectivity index (χ0n) is 12.0. The highest BCUT2D eigenvalue weighted by molar-refractivity contribution is 8.01. The van der Waals surface area contributed by atoms with Crippen LogP contribution >= 0.6 is 11.8 Å². The van der Waals surface area contributed by atoms with Crippen molar-refractivity contribution in [1.82, 2.24) is 0 Å². The van der Waals surface area contributed by atoms with Crippen molar-refractivity contribution in [2.75, 3.05) is 0 Å². The van der Waals surface area contributed by atoms with E-state index >= 15 is 0 Å². The summed E-state index contributed by atoms with van der Waals surface area (Å²) in [5, 5.41) is 0.790. The Morgan fingerprint density at radius 1 is 1.21 bits per heavy atom. The zero-order valence-corrected chi connectivity index (χ0v) is 12.8. The molecule has 0 spiro atoms. The fraction of sp³-hybridized carbons (Fsp3) is 0.588. The van der Waals surface area contributed by atoms with E-state index in [1.807, 2.05) is 23.9 Å². The molecule has 1 aromatic rings. The van der Waals surface area contributed by atoms with Crippen LogP contribution in [-0.4, -0.2) is 16.3 Å². The maximum absolute atomic E-state index is 12.4. The van der Waals surface area contributed by atoms with Gasteiger partial charge in [-0.25, -0.2) is 0 Å². The van der Waals surface area contributed by atoms with Crippen LogP contribution in [0.1, 0.15) is 61.9 Å². The topological polar surface area (TPSA) is 17.1 Å². The minimum Gasteiger partial charge on any atom is -0.293 e. The molecule has 0 aromatic heterocycles. The van der Waals surface area contributed by atoms with Gasteiger partial charge in [0.15, 0.2) is 5.78 Å². The summed E-state index contributed by atoms with van der Waals surface area (Å²) in [6, 6.07) is 8.12. The van der Waals surface area contributed by atoms with Gasteiger partial charge in [-0.3, -0.25) is 4.79 Å². The Labute approximate surface area is 121 Å². The molecule has 0 aliphatic heterocycles. The highest BCUT2D eigenvalue weighted by Gasteiger charge is 2.22. The van der Waals surface area contributed by atoms with Crippen LogP contribution in [0.2, 0.25) is 0 Å². The van der Waals surface area contributed by atoms with Crippen molar-refractivity contribution in [2.45, 2.75) is 62.9 Å². The number of thioether (sulfide) groups is 1. The van der Waals surface area contributed by atoms with E-state index in [2.05, 4.69) is 26.0 Å². The number of aryl methyl sites for hydroxylation is 1. The van der Waals surface area contributed by atoms with Gasteiger partial charge in [-0.05, 0) is 31.7 Å². The average Bonchev–Trinajstić information content (AvgIpc) is 2.47. The molecular weight excluding hydrogens is 252 g/mol. The third kappa shape index (κ3) is 4.10. The molecule has 0 N–H and O–H groups in total. The van der Waals surface area contributed by atoms with Crippen LogP contribution in [0.15, 0.2) is 24.3 Å². The predicted molar refractivity (Wildman–Crippen MR) is 84.1 cm³/mol. The first kappa shape index (κ1) is 14.6. The van der Waals surface area contributed by atoms with E-state index in [0.29, 0.717) is 11.0 Å². The number of ketones is 1. The van der Waals surface area contributed by atoms with Crippen molar-refractivity contribution < 1.29 is 4.79 Å². The van der Waals surface area contributed by atoms with Crippen molar-refractivity contribution in [2.24, 2.45) is 0 Å². The smallest absolute Gasteiger partial charge is 0.175 e. The number of carbonyl (C=O) groups is 1. The van der Waals surface area contributed by atoms with Crippen LogP contribution < -0.4 is 0 Å². The number of hydrogen-bond acceptors (Lipinski definition) is 2. The van der Waals surface area contributed by atoms with Crippen LogP contribution in [0.25, 0.3) is 0 Å². The average molecular weight is 276 g/mol. The van der Waals surface area contributed by atoms with Crippen LogP contribution in [0.4, 0.5) is 0 Å². The van der Waals surface area contributed by atoms with Crippen LogP contribution in [0.5, 0.6) is 0 Å². The summed E-state index contributed by atoms with van der Waals surface area (Å²) >= 11 is 1.88. The molecule has 0 radical (unpaired) electrons. The molecule has 1 saturated carbocycles. The molecule has 2 rings (SSSR count). The standard InChI is InChI=1S/C17H24OS/c1-3-14-9-11-15(12-10-14)17(18)13(2)19-16-7-5-4-6-8-16/h9-13,16H,3-8H2,1-2H3/t13-/m0/s1. The summed E-state index contributed by atoms with van der Waals surface area (Å²) in [5.74, 6) is 0.290. The molecular formula is C17H24OS. The zero-order chi connectivity index (χ0) is 13.7. The molecule has 0 saturated heterocycles. The van der Waals surface area contributed by atoms with Crippen molar-refractivity contribution in [3.8, 4) is 0 Å². The van der Waals surface area contributed by atoms with Crippen LogP contribution in [0.3, 0.4) is 0 Å². The molecule has 0 heterocycles. The Morgan fingerprint density at radius 3 is 2.42 bits per heavy atom. The highest BCUT2D eigenvalue weighted by atomic mass is 32.2. The second-order valence-corrected chi connectivity index (χ2v) is 7.10. The predicted octanol–water partition coefficient (Wildman–Crippen LogP) is 4.89. The van der Waals surface area contributed by atoms with E-state index in [1.165, 1.54) is 37.7 Å². The summed E-state index contributed by atoms with van der Waals surface area (Å²) < 4.78 is 0. The Balaban J connectivity index is 1.93. The lowest BCUT2D eigenvalue weighted by Gasteiger charge is -2.23. The summed E-state index contributed by atoms with van der Waals surface area (Å²) in [6.45, 7) is 4.20. The molecule has 0 amide bonds. The summed E-state index contributed by atoms with van der Waals surface area (Å²) in [4.78, 5) is 12.4. The van der Waals surface area contributed by atoms with Crippen molar-refractivity contribution in [3.63, 3.8) is 0 Å². The van der Waals surface area contributed by atoms with E-state index in [1.54, 1.807) is 0 Å². The molecule has 1 aliphatic carbocycles. The molecule has 0 bridgehead atoms. The third-order valence-electron chi connectivity index (χ3n) is 3.96. The third-order valence-corrected chi connectivity index (χ3v) is 5.44. The van der Waals surface area contributed by atoms with Gasteiger partial charge in [0.05, 0.1) is 5.25 Å². The normalized spacial score (nSPS) is 18.2. The van der Waals surface area contributed by atoms with Gasteiger partial charge in [0.2, 0.25) is 0 Å².